The number of hydrogen-bond acceptors (Lipinski definition) is 4. The van der Waals surface area contributed by atoms with E-state index in [2.05, 4.69) is 29.5 Å². The van der Waals surface area contributed by atoms with Crippen molar-refractivity contribution in [3.8, 4) is 17.0 Å². The molecule has 0 bridgehead atoms. The Labute approximate surface area is 112 Å². The monoisotopic (exact) mass is 262 g/mol. The Balaban J connectivity index is 2.13. The van der Waals surface area contributed by atoms with E-state index in [0.29, 0.717) is 12.6 Å². The van der Waals surface area contributed by atoms with Gasteiger partial charge < -0.3 is 10.1 Å². The maximum absolute atomic E-state index is 5.42. The van der Waals surface area contributed by atoms with E-state index in [0.717, 1.165) is 22.1 Å². The maximum Gasteiger partial charge on any atom is 0.183 e. The summed E-state index contributed by atoms with van der Waals surface area (Å²) in [5.74, 6) is 0.900. The molecule has 1 N–H and O–H groups in total. The summed E-state index contributed by atoms with van der Waals surface area (Å²) in [6.07, 6.45) is 0. The van der Waals surface area contributed by atoms with Crippen LogP contribution in [0.2, 0.25) is 0 Å². The SMILES string of the molecule is CCOc1ccc(-c2csc(NC(C)C)n2)cc1. The third kappa shape index (κ3) is 3.23. The lowest BCUT2D eigenvalue weighted by atomic mass is 10.2. The number of hydrogen-bond donors (Lipinski definition) is 1. The molecule has 0 saturated heterocycles. The van der Waals surface area contributed by atoms with Gasteiger partial charge in [-0.1, -0.05) is 0 Å². The van der Waals surface area contributed by atoms with Crippen LogP contribution in [0.3, 0.4) is 0 Å². The molecule has 18 heavy (non-hydrogen) atoms. The molecule has 4 heteroatoms. The van der Waals surface area contributed by atoms with Gasteiger partial charge in [0.1, 0.15) is 5.75 Å². The molecular formula is C14H18N2OS. The first kappa shape index (κ1) is 12.9. The van der Waals surface area contributed by atoms with Gasteiger partial charge in [-0.25, -0.2) is 4.98 Å². The van der Waals surface area contributed by atoms with Crippen LogP contribution in [0.5, 0.6) is 5.75 Å². The molecule has 0 radical (unpaired) electrons. The summed E-state index contributed by atoms with van der Waals surface area (Å²) in [4.78, 5) is 4.56. The Morgan fingerprint density at radius 2 is 2.00 bits per heavy atom. The minimum atomic E-state index is 0.407. The molecule has 1 aromatic heterocycles. The average Bonchev–Trinajstić information content (AvgIpc) is 2.78. The highest BCUT2D eigenvalue weighted by Crippen LogP contribution is 2.26. The van der Waals surface area contributed by atoms with Gasteiger partial charge in [-0.15, -0.1) is 11.3 Å². The number of rotatable bonds is 5. The molecule has 0 saturated carbocycles. The second-order valence-corrected chi connectivity index (χ2v) is 5.15. The van der Waals surface area contributed by atoms with E-state index in [1.807, 2.05) is 31.2 Å². The second kappa shape index (κ2) is 5.87. The average molecular weight is 262 g/mol. The van der Waals surface area contributed by atoms with Crippen molar-refractivity contribution in [1.29, 1.82) is 0 Å². The molecule has 0 amide bonds. The van der Waals surface area contributed by atoms with E-state index < -0.39 is 0 Å². The number of aromatic nitrogens is 1. The van der Waals surface area contributed by atoms with Crippen molar-refractivity contribution < 1.29 is 4.74 Å². The standard InChI is InChI=1S/C14H18N2OS/c1-4-17-12-7-5-11(6-8-12)13-9-18-14(16-13)15-10(2)3/h5-10H,4H2,1-3H3,(H,15,16). The summed E-state index contributed by atoms with van der Waals surface area (Å²) in [6.45, 7) is 6.90. The molecule has 2 aromatic rings. The number of ether oxygens (including phenoxy) is 1. The summed E-state index contributed by atoms with van der Waals surface area (Å²) in [5.41, 5.74) is 2.12. The molecule has 0 spiro atoms. The summed E-state index contributed by atoms with van der Waals surface area (Å²) < 4.78 is 5.42. The highest BCUT2D eigenvalue weighted by Gasteiger charge is 2.05. The summed E-state index contributed by atoms with van der Waals surface area (Å²) in [5, 5.41) is 6.35. The van der Waals surface area contributed by atoms with E-state index in [-0.39, 0.29) is 0 Å². The molecule has 0 aliphatic rings. The van der Waals surface area contributed by atoms with Gasteiger partial charge in [0.05, 0.1) is 12.3 Å². The van der Waals surface area contributed by atoms with Gasteiger partial charge in [0, 0.05) is 17.0 Å². The van der Waals surface area contributed by atoms with Crippen LogP contribution < -0.4 is 10.1 Å². The Bertz CT molecular complexity index is 491. The van der Waals surface area contributed by atoms with E-state index in [9.17, 15) is 0 Å². The zero-order valence-corrected chi connectivity index (χ0v) is 11.8. The summed E-state index contributed by atoms with van der Waals surface area (Å²) >= 11 is 1.63. The van der Waals surface area contributed by atoms with E-state index in [1.165, 1.54) is 0 Å². The van der Waals surface area contributed by atoms with Gasteiger partial charge in [0.2, 0.25) is 0 Å². The van der Waals surface area contributed by atoms with Gasteiger partial charge in [0.25, 0.3) is 0 Å². The Hall–Kier alpha value is -1.55. The molecule has 0 aliphatic heterocycles. The van der Waals surface area contributed by atoms with Gasteiger partial charge in [-0.2, -0.15) is 0 Å². The van der Waals surface area contributed by atoms with Crippen LogP contribution in [0.25, 0.3) is 11.3 Å². The van der Waals surface area contributed by atoms with E-state index in [1.54, 1.807) is 11.3 Å². The first-order chi connectivity index (χ1) is 8.69. The third-order valence-corrected chi connectivity index (χ3v) is 3.15. The van der Waals surface area contributed by atoms with E-state index >= 15 is 0 Å². The normalized spacial score (nSPS) is 10.7. The zero-order chi connectivity index (χ0) is 13.0. The number of anilines is 1. The van der Waals surface area contributed by atoms with Gasteiger partial charge >= 0.3 is 0 Å². The second-order valence-electron chi connectivity index (χ2n) is 4.29. The molecule has 96 valence electrons. The predicted octanol–water partition coefficient (Wildman–Crippen LogP) is 4.03. The Morgan fingerprint density at radius 1 is 1.28 bits per heavy atom. The van der Waals surface area contributed by atoms with Gasteiger partial charge in [0.15, 0.2) is 5.13 Å². The predicted molar refractivity (Wildman–Crippen MR) is 77.5 cm³/mol. The minimum Gasteiger partial charge on any atom is -0.494 e. The first-order valence-corrected chi connectivity index (χ1v) is 7.02. The van der Waals surface area contributed by atoms with Crippen molar-refractivity contribution in [1.82, 2.24) is 4.98 Å². The lowest BCUT2D eigenvalue weighted by molar-refractivity contribution is 0.340. The quantitative estimate of drug-likeness (QED) is 0.883. The number of nitrogens with one attached hydrogen (secondary N) is 1. The maximum atomic E-state index is 5.42. The van der Waals surface area contributed by atoms with Gasteiger partial charge in [-0.3, -0.25) is 0 Å². The van der Waals surface area contributed by atoms with Crippen molar-refractivity contribution in [3.63, 3.8) is 0 Å². The molecule has 2 rings (SSSR count). The van der Waals surface area contributed by atoms with E-state index in [4.69, 9.17) is 4.74 Å². The van der Waals surface area contributed by atoms with Crippen molar-refractivity contribution in [2.75, 3.05) is 11.9 Å². The van der Waals surface area contributed by atoms with Crippen LogP contribution in [0.4, 0.5) is 5.13 Å². The van der Waals surface area contributed by atoms with Crippen molar-refractivity contribution in [2.24, 2.45) is 0 Å². The summed E-state index contributed by atoms with van der Waals surface area (Å²) in [6, 6.07) is 8.45. The topological polar surface area (TPSA) is 34.1 Å². The molecular weight excluding hydrogens is 244 g/mol. The minimum absolute atomic E-state index is 0.407. The summed E-state index contributed by atoms with van der Waals surface area (Å²) in [7, 11) is 0. The van der Waals surface area contributed by atoms with Gasteiger partial charge in [-0.05, 0) is 45.0 Å². The highest BCUT2D eigenvalue weighted by atomic mass is 32.1. The molecule has 1 heterocycles. The van der Waals surface area contributed by atoms with Crippen LogP contribution in [0, 0.1) is 0 Å². The largest absolute Gasteiger partial charge is 0.494 e. The van der Waals surface area contributed by atoms with Crippen LogP contribution in [0.15, 0.2) is 29.6 Å². The van der Waals surface area contributed by atoms with Crippen molar-refractivity contribution in [3.05, 3.63) is 29.6 Å². The molecule has 3 nitrogen and oxygen atoms in total. The fourth-order valence-electron chi connectivity index (χ4n) is 1.61. The lowest BCUT2D eigenvalue weighted by Gasteiger charge is -2.05. The van der Waals surface area contributed by atoms with Crippen molar-refractivity contribution >= 4 is 16.5 Å². The molecule has 0 aliphatic carbocycles. The Kier molecular flexibility index (Phi) is 4.20. The van der Waals surface area contributed by atoms with Crippen LogP contribution in [-0.2, 0) is 0 Å². The lowest BCUT2D eigenvalue weighted by Crippen LogP contribution is -2.08. The molecule has 1 aromatic carbocycles. The van der Waals surface area contributed by atoms with Crippen molar-refractivity contribution in [2.45, 2.75) is 26.8 Å². The molecule has 0 unspecified atom stereocenters. The van der Waals surface area contributed by atoms with Crippen LogP contribution in [-0.4, -0.2) is 17.6 Å². The number of thiazole rings is 1. The fraction of sp³-hybridized carbons (Fsp3) is 0.357. The Morgan fingerprint density at radius 3 is 2.61 bits per heavy atom. The van der Waals surface area contributed by atoms with Crippen LogP contribution >= 0.6 is 11.3 Å². The molecule has 0 atom stereocenters. The highest BCUT2D eigenvalue weighted by molar-refractivity contribution is 7.14. The number of nitrogens with zero attached hydrogens (tertiary/aromatic N) is 1. The smallest absolute Gasteiger partial charge is 0.183 e. The fourth-order valence-corrected chi connectivity index (χ4v) is 2.48. The van der Waals surface area contributed by atoms with Crippen LogP contribution in [0.1, 0.15) is 20.8 Å². The molecule has 0 fully saturated rings. The third-order valence-electron chi connectivity index (χ3n) is 2.38. The first-order valence-electron chi connectivity index (χ1n) is 6.14. The zero-order valence-electron chi connectivity index (χ0n) is 10.9. The number of benzene rings is 1.